The highest BCUT2D eigenvalue weighted by molar-refractivity contribution is 5.47. The molecule has 2 aliphatic rings. The van der Waals surface area contributed by atoms with E-state index in [4.69, 9.17) is 4.74 Å². The van der Waals surface area contributed by atoms with Crippen molar-refractivity contribution in [3.8, 4) is 0 Å². The molecule has 0 amide bonds. The fourth-order valence-electron chi connectivity index (χ4n) is 2.12. The summed E-state index contributed by atoms with van der Waals surface area (Å²) in [6, 6.07) is 0. The van der Waals surface area contributed by atoms with Gasteiger partial charge in [-0.1, -0.05) is 30.4 Å². The number of rotatable bonds is 1. The fraction of sp³-hybridized carbons (Fsp3) is 0.429. The van der Waals surface area contributed by atoms with Gasteiger partial charge in [0.1, 0.15) is 6.10 Å². The minimum absolute atomic E-state index is 0.0967. The number of aliphatic hydroxyl groups is 1. The van der Waals surface area contributed by atoms with E-state index in [1.54, 1.807) is 0 Å². The summed E-state index contributed by atoms with van der Waals surface area (Å²) in [4.78, 5) is 0. The lowest BCUT2D eigenvalue weighted by Gasteiger charge is -2.29. The van der Waals surface area contributed by atoms with Gasteiger partial charge in [0.15, 0.2) is 0 Å². The fourth-order valence-corrected chi connectivity index (χ4v) is 2.12. The lowest BCUT2D eigenvalue weighted by Crippen LogP contribution is -2.29. The Morgan fingerprint density at radius 1 is 1.56 bits per heavy atom. The molecule has 0 bridgehead atoms. The summed E-state index contributed by atoms with van der Waals surface area (Å²) in [7, 11) is 0. The Kier molecular flexibility index (Phi) is 3.13. The van der Waals surface area contributed by atoms with Crippen molar-refractivity contribution in [3.05, 3.63) is 47.1 Å². The van der Waals surface area contributed by atoms with E-state index in [-0.39, 0.29) is 6.10 Å². The maximum Gasteiger partial charge on any atom is 0.106 e. The summed E-state index contributed by atoms with van der Waals surface area (Å²) >= 11 is 0. The Balaban J connectivity index is 2.25. The van der Waals surface area contributed by atoms with Crippen LogP contribution in [0.25, 0.3) is 0 Å². The lowest BCUT2D eigenvalue weighted by molar-refractivity contribution is 0.112. The van der Waals surface area contributed by atoms with Crippen LogP contribution in [0.1, 0.15) is 20.3 Å². The van der Waals surface area contributed by atoms with Gasteiger partial charge in [0, 0.05) is 6.42 Å². The van der Waals surface area contributed by atoms with Crippen LogP contribution in [0.15, 0.2) is 47.1 Å². The van der Waals surface area contributed by atoms with Gasteiger partial charge in [0.2, 0.25) is 0 Å². The van der Waals surface area contributed by atoms with Gasteiger partial charge in [-0.05, 0) is 30.6 Å². The van der Waals surface area contributed by atoms with Crippen LogP contribution in [-0.2, 0) is 4.74 Å². The topological polar surface area (TPSA) is 29.5 Å². The van der Waals surface area contributed by atoms with Crippen LogP contribution in [0.4, 0.5) is 0 Å². The van der Waals surface area contributed by atoms with Crippen molar-refractivity contribution in [2.45, 2.75) is 32.5 Å². The molecule has 1 N–H and O–H groups in total. The second kappa shape index (κ2) is 4.40. The van der Waals surface area contributed by atoms with E-state index in [1.807, 2.05) is 12.2 Å². The van der Waals surface area contributed by atoms with Crippen molar-refractivity contribution in [2.75, 3.05) is 6.61 Å². The first-order valence-corrected chi connectivity index (χ1v) is 5.62. The predicted octanol–water partition coefficient (Wildman–Crippen LogP) is 2.53. The van der Waals surface area contributed by atoms with Gasteiger partial charge >= 0.3 is 0 Å². The van der Waals surface area contributed by atoms with Crippen molar-refractivity contribution in [3.63, 3.8) is 0 Å². The number of allylic oxidation sites excluding steroid dienone is 3. The molecular weight excluding hydrogens is 200 g/mol. The molecule has 1 fully saturated rings. The second-order valence-electron chi connectivity index (χ2n) is 4.60. The van der Waals surface area contributed by atoms with Gasteiger partial charge in [-0.25, -0.2) is 0 Å². The molecule has 86 valence electrons. The van der Waals surface area contributed by atoms with E-state index < -0.39 is 6.10 Å². The van der Waals surface area contributed by atoms with Gasteiger partial charge in [-0.15, -0.1) is 0 Å². The van der Waals surface area contributed by atoms with Crippen LogP contribution in [0, 0.1) is 0 Å². The Morgan fingerprint density at radius 3 is 3.00 bits per heavy atom. The predicted molar refractivity (Wildman–Crippen MR) is 65.1 cm³/mol. The molecule has 0 radical (unpaired) electrons. The highest BCUT2D eigenvalue weighted by Gasteiger charge is 2.34. The summed E-state index contributed by atoms with van der Waals surface area (Å²) in [5, 5.41) is 9.98. The van der Waals surface area contributed by atoms with Crippen molar-refractivity contribution >= 4 is 0 Å². The van der Waals surface area contributed by atoms with Crippen LogP contribution in [0.5, 0.6) is 0 Å². The van der Waals surface area contributed by atoms with E-state index in [0.717, 1.165) is 16.7 Å². The summed E-state index contributed by atoms with van der Waals surface area (Å²) in [6.07, 6.45) is 6.21. The monoisotopic (exact) mass is 218 g/mol. The van der Waals surface area contributed by atoms with E-state index in [0.29, 0.717) is 13.0 Å². The van der Waals surface area contributed by atoms with Crippen LogP contribution in [-0.4, -0.2) is 23.9 Å². The standard InChI is InChI=1S/C14H18O2/c1-9(2)4-5-11-8-13(15)12-6-7-16-14(12)10(11)3/h4-6,13-15H,3,7-8H2,1-2H3/b11-5+/t13-,14-/m1/s1. The van der Waals surface area contributed by atoms with E-state index in [1.165, 1.54) is 5.57 Å². The molecule has 0 unspecified atom stereocenters. The summed E-state index contributed by atoms with van der Waals surface area (Å²) < 4.78 is 5.56. The molecule has 2 nitrogen and oxygen atoms in total. The van der Waals surface area contributed by atoms with Crippen molar-refractivity contribution in [1.82, 2.24) is 0 Å². The third-order valence-electron chi connectivity index (χ3n) is 3.03. The number of hydrogen-bond acceptors (Lipinski definition) is 2. The zero-order chi connectivity index (χ0) is 11.7. The molecule has 2 atom stereocenters. The zero-order valence-corrected chi connectivity index (χ0v) is 9.86. The molecule has 2 heteroatoms. The third kappa shape index (κ3) is 2.04. The van der Waals surface area contributed by atoms with E-state index >= 15 is 0 Å². The minimum atomic E-state index is -0.408. The van der Waals surface area contributed by atoms with Crippen molar-refractivity contribution in [2.24, 2.45) is 0 Å². The number of aliphatic hydroxyl groups excluding tert-OH is 1. The molecule has 0 aromatic carbocycles. The molecular formula is C14H18O2. The van der Waals surface area contributed by atoms with Gasteiger partial charge in [0.25, 0.3) is 0 Å². The van der Waals surface area contributed by atoms with Crippen LogP contribution in [0.2, 0.25) is 0 Å². The normalized spacial score (nSPS) is 31.3. The Hall–Kier alpha value is -1.12. The SMILES string of the molecule is C=C1/C(=C/C=C(C)C)C[C@@H](O)C2=CCO[C@H]12. The van der Waals surface area contributed by atoms with Crippen LogP contribution < -0.4 is 0 Å². The third-order valence-corrected chi connectivity index (χ3v) is 3.03. The maximum absolute atomic E-state index is 9.98. The molecule has 2 rings (SSSR count). The zero-order valence-electron chi connectivity index (χ0n) is 9.86. The maximum atomic E-state index is 9.98. The summed E-state index contributed by atoms with van der Waals surface area (Å²) in [5.74, 6) is 0. The quantitative estimate of drug-likeness (QED) is 0.685. The van der Waals surface area contributed by atoms with Crippen LogP contribution in [0.3, 0.4) is 0 Å². The first-order chi connectivity index (χ1) is 7.59. The minimum Gasteiger partial charge on any atom is -0.388 e. The highest BCUT2D eigenvalue weighted by atomic mass is 16.5. The lowest BCUT2D eigenvalue weighted by atomic mass is 9.82. The van der Waals surface area contributed by atoms with Crippen LogP contribution >= 0.6 is 0 Å². The summed E-state index contributed by atoms with van der Waals surface area (Å²) in [6.45, 7) is 8.77. The molecule has 0 aromatic heterocycles. The van der Waals surface area contributed by atoms with Gasteiger partial charge in [-0.2, -0.15) is 0 Å². The van der Waals surface area contributed by atoms with E-state index in [2.05, 4.69) is 26.5 Å². The Morgan fingerprint density at radius 2 is 2.31 bits per heavy atom. The molecule has 0 aromatic rings. The van der Waals surface area contributed by atoms with Gasteiger partial charge < -0.3 is 9.84 Å². The average molecular weight is 218 g/mol. The van der Waals surface area contributed by atoms with Crippen molar-refractivity contribution in [1.29, 1.82) is 0 Å². The van der Waals surface area contributed by atoms with E-state index in [9.17, 15) is 5.11 Å². The smallest absolute Gasteiger partial charge is 0.106 e. The average Bonchev–Trinajstić information content (AvgIpc) is 2.70. The highest BCUT2D eigenvalue weighted by Crippen LogP contribution is 2.36. The Bertz CT molecular complexity index is 395. The largest absolute Gasteiger partial charge is 0.388 e. The molecule has 1 aliphatic heterocycles. The van der Waals surface area contributed by atoms with Gasteiger partial charge in [-0.3, -0.25) is 0 Å². The molecule has 1 saturated carbocycles. The number of hydrogen-bond donors (Lipinski definition) is 1. The summed E-state index contributed by atoms with van der Waals surface area (Å²) in [5.41, 5.74) is 4.31. The van der Waals surface area contributed by atoms with Gasteiger partial charge in [0.05, 0.1) is 12.7 Å². The second-order valence-corrected chi connectivity index (χ2v) is 4.60. The molecule has 16 heavy (non-hydrogen) atoms. The number of ether oxygens (including phenoxy) is 1. The first kappa shape index (κ1) is 11.4. The molecule has 0 spiro atoms. The van der Waals surface area contributed by atoms with Crippen molar-refractivity contribution < 1.29 is 9.84 Å². The molecule has 0 saturated heterocycles. The molecule has 1 heterocycles. The molecule has 1 aliphatic carbocycles. The Labute approximate surface area is 96.6 Å². The first-order valence-electron chi connectivity index (χ1n) is 5.62. The number of fused-ring (bicyclic) bond motifs is 1.